The predicted octanol–water partition coefficient (Wildman–Crippen LogP) is 2.29. The van der Waals surface area contributed by atoms with Crippen molar-refractivity contribution in [2.75, 3.05) is 5.43 Å². The Morgan fingerprint density at radius 2 is 1.76 bits per heavy atom. The van der Waals surface area contributed by atoms with E-state index in [0.29, 0.717) is 5.41 Å². The quantitative estimate of drug-likeness (QED) is 0.635. The van der Waals surface area contributed by atoms with Crippen molar-refractivity contribution in [1.29, 1.82) is 0 Å². The SMILES string of the molecule is CC(C)Oc1nc(NN)nc(OC2CCC(C)(C)CC2)n1. The maximum absolute atomic E-state index is 5.88. The zero-order valence-corrected chi connectivity index (χ0v) is 13.2. The summed E-state index contributed by atoms with van der Waals surface area (Å²) in [5.74, 6) is 5.62. The van der Waals surface area contributed by atoms with Crippen molar-refractivity contribution in [3.8, 4) is 12.0 Å². The minimum absolute atomic E-state index is 0.0265. The molecule has 1 fully saturated rings. The third-order valence-electron chi connectivity index (χ3n) is 3.62. The van der Waals surface area contributed by atoms with Crippen LogP contribution in [0.3, 0.4) is 0 Å². The predicted molar refractivity (Wildman–Crippen MR) is 80.1 cm³/mol. The molecule has 2 rings (SSSR count). The van der Waals surface area contributed by atoms with Gasteiger partial charge in [0.1, 0.15) is 6.10 Å². The monoisotopic (exact) mass is 295 g/mol. The van der Waals surface area contributed by atoms with Crippen molar-refractivity contribution in [2.45, 2.75) is 65.6 Å². The van der Waals surface area contributed by atoms with Gasteiger partial charge >= 0.3 is 12.0 Å². The van der Waals surface area contributed by atoms with Gasteiger partial charge in [-0.15, -0.1) is 4.98 Å². The highest BCUT2D eigenvalue weighted by Gasteiger charge is 2.28. The van der Waals surface area contributed by atoms with Crippen LogP contribution in [0.1, 0.15) is 53.4 Å². The van der Waals surface area contributed by atoms with Gasteiger partial charge in [0, 0.05) is 0 Å². The van der Waals surface area contributed by atoms with Gasteiger partial charge in [0.2, 0.25) is 5.95 Å². The van der Waals surface area contributed by atoms with Crippen LogP contribution in [0, 0.1) is 5.41 Å². The van der Waals surface area contributed by atoms with E-state index in [1.165, 1.54) is 0 Å². The molecule has 0 saturated heterocycles. The molecule has 0 amide bonds. The van der Waals surface area contributed by atoms with Gasteiger partial charge in [-0.25, -0.2) is 5.84 Å². The van der Waals surface area contributed by atoms with Crippen LogP contribution in [0.4, 0.5) is 5.95 Å². The number of hydrogen-bond acceptors (Lipinski definition) is 7. The lowest BCUT2D eigenvalue weighted by Crippen LogP contribution is -2.29. The first-order chi connectivity index (χ1) is 9.88. The summed E-state index contributed by atoms with van der Waals surface area (Å²) in [6, 6.07) is 0.484. The van der Waals surface area contributed by atoms with Crippen LogP contribution < -0.4 is 20.7 Å². The number of aromatic nitrogens is 3. The maximum Gasteiger partial charge on any atom is 0.324 e. The molecule has 1 aromatic rings. The topological polar surface area (TPSA) is 95.2 Å². The van der Waals surface area contributed by atoms with Crippen LogP contribution >= 0.6 is 0 Å². The first kappa shape index (κ1) is 15.8. The Kier molecular flexibility index (Phi) is 4.82. The molecule has 1 aromatic heterocycles. The molecule has 0 aromatic carbocycles. The Morgan fingerprint density at radius 3 is 2.33 bits per heavy atom. The van der Waals surface area contributed by atoms with Gasteiger partial charge in [0.05, 0.1) is 6.10 Å². The van der Waals surface area contributed by atoms with E-state index in [4.69, 9.17) is 15.3 Å². The minimum Gasteiger partial charge on any atom is -0.461 e. The second kappa shape index (κ2) is 6.43. The molecule has 1 saturated carbocycles. The number of nitrogens with two attached hydrogens (primary N) is 1. The second-order valence-electron chi connectivity index (χ2n) is 6.52. The molecule has 1 aliphatic rings. The lowest BCUT2D eigenvalue weighted by Gasteiger charge is -2.33. The van der Waals surface area contributed by atoms with Gasteiger partial charge in [-0.05, 0) is 44.9 Å². The zero-order valence-electron chi connectivity index (χ0n) is 13.2. The molecule has 1 heterocycles. The van der Waals surface area contributed by atoms with Crippen LogP contribution in [-0.2, 0) is 0 Å². The summed E-state index contributed by atoms with van der Waals surface area (Å²) in [4.78, 5) is 12.4. The van der Waals surface area contributed by atoms with E-state index in [9.17, 15) is 0 Å². The van der Waals surface area contributed by atoms with Gasteiger partial charge in [-0.1, -0.05) is 13.8 Å². The van der Waals surface area contributed by atoms with Crippen LogP contribution in [0.2, 0.25) is 0 Å². The van der Waals surface area contributed by atoms with E-state index in [0.717, 1.165) is 25.7 Å². The highest BCUT2D eigenvalue weighted by Crippen LogP contribution is 2.36. The minimum atomic E-state index is -0.0265. The number of ether oxygens (including phenoxy) is 2. The average molecular weight is 295 g/mol. The largest absolute Gasteiger partial charge is 0.461 e. The molecular formula is C14H25N5O2. The van der Waals surface area contributed by atoms with Crippen molar-refractivity contribution < 1.29 is 9.47 Å². The highest BCUT2D eigenvalue weighted by atomic mass is 16.5. The van der Waals surface area contributed by atoms with Crippen molar-refractivity contribution >= 4 is 5.95 Å². The average Bonchev–Trinajstić information content (AvgIpc) is 2.40. The summed E-state index contributed by atoms with van der Waals surface area (Å²) in [7, 11) is 0. The first-order valence-electron chi connectivity index (χ1n) is 7.44. The number of nitrogens with one attached hydrogen (secondary N) is 1. The van der Waals surface area contributed by atoms with Gasteiger partial charge in [-0.2, -0.15) is 9.97 Å². The van der Waals surface area contributed by atoms with E-state index in [1.807, 2.05) is 13.8 Å². The van der Waals surface area contributed by atoms with Gasteiger partial charge in [-0.3, -0.25) is 5.43 Å². The van der Waals surface area contributed by atoms with Gasteiger partial charge in [0.25, 0.3) is 0 Å². The number of nitrogens with zero attached hydrogens (tertiary/aromatic N) is 3. The Hall–Kier alpha value is -1.63. The molecule has 0 bridgehead atoms. The van der Waals surface area contributed by atoms with Crippen molar-refractivity contribution in [2.24, 2.45) is 11.3 Å². The summed E-state index contributed by atoms with van der Waals surface area (Å²) in [5.41, 5.74) is 2.81. The lowest BCUT2D eigenvalue weighted by atomic mass is 9.76. The van der Waals surface area contributed by atoms with Crippen molar-refractivity contribution in [1.82, 2.24) is 15.0 Å². The summed E-state index contributed by atoms with van der Waals surface area (Å²) in [5, 5.41) is 0. The molecule has 0 radical (unpaired) electrons. The Morgan fingerprint density at radius 1 is 1.14 bits per heavy atom. The zero-order chi connectivity index (χ0) is 15.5. The van der Waals surface area contributed by atoms with Crippen molar-refractivity contribution in [3.63, 3.8) is 0 Å². The Bertz CT molecular complexity index is 468. The second-order valence-corrected chi connectivity index (χ2v) is 6.52. The van der Waals surface area contributed by atoms with E-state index in [2.05, 4.69) is 34.2 Å². The fourth-order valence-corrected chi connectivity index (χ4v) is 2.36. The summed E-state index contributed by atoms with van der Waals surface area (Å²) < 4.78 is 11.4. The van der Waals surface area contributed by atoms with E-state index in [-0.39, 0.29) is 30.2 Å². The third kappa shape index (κ3) is 4.70. The number of rotatable bonds is 5. The molecule has 0 atom stereocenters. The number of nitrogen functional groups attached to an aromatic ring is 1. The number of hydrazine groups is 1. The number of hydrogen-bond donors (Lipinski definition) is 2. The highest BCUT2D eigenvalue weighted by molar-refractivity contribution is 5.25. The lowest BCUT2D eigenvalue weighted by molar-refractivity contribution is 0.0889. The molecule has 1 aliphatic carbocycles. The Balaban J connectivity index is 2.05. The number of anilines is 1. The van der Waals surface area contributed by atoms with Crippen LogP contribution in [0.5, 0.6) is 12.0 Å². The molecule has 21 heavy (non-hydrogen) atoms. The summed E-state index contributed by atoms with van der Waals surface area (Å²) in [6.07, 6.45) is 4.40. The third-order valence-corrected chi connectivity index (χ3v) is 3.62. The molecule has 7 heteroatoms. The molecule has 7 nitrogen and oxygen atoms in total. The molecule has 118 valence electrons. The summed E-state index contributed by atoms with van der Waals surface area (Å²) in [6.45, 7) is 8.39. The standard InChI is InChI=1S/C14H25N5O2/c1-9(2)20-12-16-11(19-15)17-13(18-12)21-10-5-7-14(3,4)8-6-10/h9-10H,5-8,15H2,1-4H3,(H,16,17,18,19). The smallest absolute Gasteiger partial charge is 0.324 e. The fourth-order valence-electron chi connectivity index (χ4n) is 2.36. The molecule has 0 spiro atoms. The fraction of sp³-hybridized carbons (Fsp3) is 0.786. The van der Waals surface area contributed by atoms with E-state index in [1.54, 1.807) is 0 Å². The van der Waals surface area contributed by atoms with E-state index >= 15 is 0 Å². The van der Waals surface area contributed by atoms with Crippen LogP contribution in [0.15, 0.2) is 0 Å². The van der Waals surface area contributed by atoms with Crippen LogP contribution in [0.25, 0.3) is 0 Å². The van der Waals surface area contributed by atoms with Gasteiger partial charge in [0.15, 0.2) is 0 Å². The van der Waals surface area contributed by atoms with Gasteiger partial charge < -0.3 is 9.47 Å². The molecule has 3 N–H and O–H groups in total. The maximum atomic E-state index is 5.88. The molecular weight excluding hydrogens is 270 g/mol. The Labute approximate surface area is 125 Å². The molecule has 0 aliphatic heterocycles. The van der Waals surface area contributed by atoms with Crippen molar-refractivity contribution in [3.05, 3.63) is 0 Å². The van der Waals surface area contributed by atoms with Crippen LogP contribution in [-0.4, -0.2) is 27.2 Å². The molecule has 0 unspecified atom stereocenters. The summed E-state index contributed by atoms with van der Waals surface area (Å²) >= 11 is 0. The normalized spacial score (nSPS) is 18.6. The first-order valence-corrected chi connectivity index (χ1v) is 7.44. The van der Waals surface area contributed by atoms with E-state index < -0.39 is 0 Å².